The minimum atomic E-state index is -3.70. The Bertz CT molecular complexity index is 661. The lowest BCUT2D eigenvalue weighted by Crippen LogP contribution is -2.37. The van der Waals surface area contributed by atoms with Crippen LogP contribution < -0.4 is 0 Å². The van der Waals surface area contributed by atoms with Gasteiger partial charge in [-0.15, -0.1) is 0 Å². The van der Waals surface area contributed by atoms with Crippen molar-refractivity contribution in [3.05, 3.63) is 34.9 Å². The third-order valence-corrected chi connectivity index (χ3v) is 7.68. The number of hydrogen-bond acceptors (Lipinski definition) is 1. The Kier molecular flexibility index (Phi) is 6.08. The van der Waals surface area contributed by atoms with Crippen molar-refractivity contribution in [3.8, 4) is 0 Å². The highest BCUT2D eigenvalue weighted by atomic mass is 79.9. The molecule has 0 spiro atoms. The number of rotatable bonds is 4. The van der Waals surface area contributed by atoms with Gasteiger partial charge < -0.3 is 4.74 Å². The highest BCUT2D eigenvalue weighted by molar-refractivity contribution is 9.09. The van der Waals surface area contributed by atoms with Crippen molar-refractivity contribution in [2.24, 2.45) is 17.8 Å². The van der Waals surface area contributed by atoms with E-state index < -0.39 is 22.0 Å². The summed E-state index contributed by atoms with van der Waals surface area (Å²) in [4.78, 5) is -3.70. The molecule has 0 radical (unpaired) electrons. The van der Waals surface area contributed by atoms with Crippen molar-refractivity contribution in [2.45, 2.75) is 74.6 Å². The molecule has 0 amide bonds. The van der Waals surface area contributed by atoms with E-state index >= 15 is 0 Å². The summed E-state index contributed by atoms with van der Waals surface area (Å²) >= 11 is 2.05. The minimum absolute atomic E-state index is 0.0181. The van der Waals surface area contributed by atoms with Gasteiger partial charge in [-0.1, -0.05) is 19.3 Å². The third-order valence-electron chi connectivity index (χ3n) is 7.28. The highest BCUT2D eigenvalue weighted by Gasteiger charge is 2.37. The van der Waals surface area contributed by atoms with Crippen LogP contribution in [0.15, 0.2) is 12.1 Å². The lowest BCUT2D eigenvalue weighted by Gasteiger charge is -2.42. The molecule has 156 valence electrons. The predicted octanol–water partition coefficient (Wildman–Crippen LogP) is 7.28. The van der Waals surface area contributed by atoms with Crippen molar-refractivity contribution < 1.29 is 22.3 Å². The molecule has 6 heteroatoms. The summed E-state index contributed by atoms with van der Waals surface area (Å²) in [5.41, 5.74) is -0.717. The van der Waals surface area contributed by atoms with Gasteiger partial charge in [-0.05, 0) is 95.8 Å². The third kappa shape index (κ3) is 4.28. The van der Waals surface area contributed by atoms with E-state index in [2.05, 4.69) is 15.9 Å². The number of ether oxygens (including phenoxy) is 1. The van der Waals surface area contributed by atoms with Gasteiger partial charge in [0.25, 0.3) is 0 Å². The molecule has 1 aromatic carbocycles. The SMILES string of the molecule is Fc1cc(C2CCC(C3CCC(C4CCC4)CO3)CC2)cc(F)c1C(F)(F)Br. The Morgan fingerprint density at radius 1 is 0.821 bits per heavy atom. The molecule has 3 aliphatic rings. The van der Waals surface area contributed by atoms with Gasteiger partial charge in [0.2, 0.25) is 0 Å². The Morgan fingerprint density at radius 3 is 1.89 bits per heavy atom. The molecule has 4 rings (SSSR count). The fraction of sp³-hybridized carbons (Fsp3) is 0.727. The zero-order valence-electron chi connectivity index (χ0n) is 15.9. The number of benzene rings is 1. The van der Waals surface area contributed by atoms with Gasteiger partial charge in [0, 0.05) is 0 Å². The van der Waals surface area contributed by atoms with Crippen LogP contribution >= 0.6 is 15.9 Å². The summed E-state index contributed by atoms with van der Waals surface area (Å²) in [6.07, 6.45) is 10.3. The smallest absolute Gasteiger partial charge is 0.332 e. The van der Waals surface area contributed by atoms with E-state index in [1.165, 1.54) is 25.7 Å². The second kappa shape index (κ2) is 8.25. The van der Waals surface area contributed by atoms with Gasteiger partial charge in [-0.25, -0.2) is 8.78 Å². The predicted molar refractivity (Wildman–Crippen MR) is 104 cm³/mol. The van der Waals surface area contributed by atoms with Crippen LogP contribution in [-0.4, -0.2) is 12.7 Å². The van der Waals surface area contributed by atoms with Crippen molar-refractivity contribution in [3.63, 3.8) is 0 Å². The Morgan fingerprint density at radius 2 is 1.43 bits per heavy atom. The molecule has 1 nitrogen and oxygen atoms in total. The quantitative estimate of drug-likeness (QED) is 0.337. The van der Waals surface area contributed by atoms with Crippen LogP contribution in [-0.2, 0) is 9.57 Å². The molecule has 28 heavy (non-hydrogen) atoms. The molecular formula is C22H27BrF4O. The first-order chi connectivity index (χ1) is 13.3. The summed E-state index contributed by atoms with van der Waals surface area (Å²) < 4.78 is 61.1. The summed E-state index contributed by atoms with van der Waals surface area (Å²) in [5, 5.41) is 0. The van der Waals surface area contributed by atoms with Gasteiger partial charge in [-0.2, -0.15) is 8.78 Å². The molecule has 1 heterocycles. The molecule has 0 N–H and O–H groups in total. The molecule has 2 aliphatic carbocycles. The topological polar surface area (TPSA) is 9.23 Å². The molecule has 0 aromatic heterocycles. The number of halogens is 5. The summed E-state index contributed by atoms with van der Waals surface area (Å²) in [6, 6.07) is 2.16. The summed E-state index contributed by atoms with van der Waals surface area (Å²) in [5.74, 6) is -0.244. The second-order valence-electron chi connectivity index (χ2n) is 8.87. The van der Waals surface area contributed by atoms with Crippen molar-refractivity contribution in [2.75, 3.05) is 6.61 Å². The fourth-order valence-electron chi connectivity index (χ4n) is 5.37. The average Bonchev–Trinajstić information content (AvgIpc) is 2.59. The lowest BCUT2D eigenvalue weighted by molar-refractivity contribution is -0.0757. The molecule has 3 fully saturated rings. The van der Waals surface area contributed by atoms with E-state index in [-0.39, 0.29) is 5.92 Å². The highest BCUT2D eigenvalue weighted by Crippen LogP contribution is 2.44. The van der Waals surface area contributed by atoms with Gasteiger partial charge in [0.05, 0.1) is 12.7 Å². The number of hydrogen-bond donors (Lipinski definition) is 0. The first-order valence-corrected chi connectivity index (χ1v) is 11.3. The zero-order chi connectivity index (χ0) is 19.9. The van der Waals surface area contributed by atoms with Crippen LogP contribution in [0, 0.1) is 29.4 Å². The lowest BCUT2D eigenvalue weighted by atomic mass is 9.71. The molecule has 1 aromatic rings. The molecule has 2 saturated carbocycles. The Hall–Kier alpha value is -0.620. The standard InChI is InChI=1S/C22H27BrF4O/c23-22(26,27)21-18(24)10-17(11-19(21)25)14-4-6-15(7-5-14)20-9-8-16(12-28-20)13-2-1-3-13/h10-11,13-16,20H,1-9,12H2. The van der Waals surface area contributed by atoms with E-state index in [9.17, 15) is 17.6 Å². The molecular weight excluding hydrogens is 436 g/mol. The summed E-state index contributed by atoms with van der Waals surface area (Å²) in [6.45, 7) is 0.883. The van der Waals surface area contributed by atoms with Crippen molar-refractivity contribution in [1.29, 1.82) is 0 Å². The Balaban J connectivity index is 1.33. The normalized spacial score (nSPS) is 32.2. The van der Waals surface area contributed by atoms with E-state index in [0.717, 1.165) is 62.7 Å². The van der Waals surface area contributed by atoms with E-state index in [1.807, 2.05) is 0 Å². The van der Waals surface area contributed by atoms with Crippen LogP contribution in [0.3, 0.4) is 0 Å². The molecule has 2 atom stereocenters. The first-order valence-electron chi connectivity index (χ1n) is 10.5. The second-order valence-corrected chi connectivity index (χ2v) is 9.87. The van der Waals surface area contributed by atoms with Crippen molar-refractivity contribution >= 4 is 15.9 Å². The first kappa shape index (κ1) is 20.6. The largest absolute Gasteiger partial charge is 0.378 e. The van der Waals surface area contributed by atoms with Crippen LogP contribution in [0.5, 0.6) is 0 Å². The van der Waals surface area contributed by atoms with Crippen LogP contribution in [0.4, 0.5) is 17.6 Å². The van der Waals surface area contributed by atoms with E-state index in [1.54, 1.807) is 0 Å². The maximum absolute atomic E-state index is 14.1. The van der Waals surface area contributed by atoms with Gasteiger partial charge in [-0.3, -0.25) is 0 Å². The van der Waals surface area contributed by atoms with Crippen LogP contribution in [0.1, 0.15) is 74.8 Å². The Labute approximate surface area is 172 Å². The van der Waals surface area contributed by atoms with Crippen LogP contribution in [0.2, 0.25) is 0 Å². The molecule has 1 saturated heterocycles. The number of alkyl halides is 3. The molecule has 2 unspecified atom stereocenters. The van der Waals surface area contributed by atoms with E-state index in [4.69, 9.17) is 4.74 Å². The average molecular weight is 463 g/mol. The van der Waals surface area contributed by atoms with Gasteiger partial charge in [0.1, 0.15) is 17.2 Å². The van der Waals surface area contributed by atoms with Crippen LogP contribution in [0.25, 0.3) is 0 Å². The zero-order valence-corrected chi connectivity index (χ0v) is 17.5. The maximum Gasteiger partial charge on any atom is 0.332 e. The van der Waals surface area contributed by atoms with E-state index in [0.29, 0.717) is 17.6 Å². The van der Waals surface area contributed by atoms with Gasteiger partial charge >= 0.3 is 4.83 Å². The van der Waals surface area contributed by atoms with Crippen molar-refractivity contribution in [1.82, 2.24) is 0 Å². The van der Waals surface area contributed by atoms with Gasteiger partial charge in [0.15, 0.2) is 0 Å². The maximum atomic E-state index is 14.1. The minimum Gasteiger partial charge on any atom is -0.378 e. The monoisotopic (exact) mass is 462 g/mol. The molecule has 1 aliphatic heterocycles. The summed E-state index contributed by atoms with van der Waals surface area (Å²) in [7, 11) is 0. The molecule has 0 bridgehead atoms. The fourth-order valence-corrected chi connectivity index (χ4v) is 5.75.